The Balaban J connectivity index is 1.66. The van der Waals surface area contributed by atoms with Gasteiger partial charge in [-0.05, 0) is 61.1 Å². The lowest BCUT2D eigenvalue weighted by Crippen LogP contribution is -2.40. The molecule has 1 N–H and O–H groups in total. The summed E-state index contributed by atoms with van der Waals surface area (Å²) in [6, 6.07) is 12.9. The number of aryl methyl sites for hydroxylation is 2. The second-order valence-electron chi connectivity index (χ2n) is 7.35. The van der Waals surface area contributed by atoms with Crippen LogP contribution in [0.1, 0.15) is 43.4 Å². The van der Waals surface area contributed by atoms with Gasteiger partial charge in [0.1, 0.15) is 5.82 Å². The number of anilines is 1. The number of hydrogen-bond acceptors (Lipinski definition) is 2. The second-order valence-corrected chi connectivity index (χ2v) is 7.35. The summed E-state index contributed by atoms with van der Waals surface area (Å²) in [7, 11) is 0. The van der Waals surface area contributed by atoms with E-state index in [1.165, 1.54) is 23.3 Å². The minimum absolute atomic E-state index is 0.00573. The van der Waals surface area contributed by atoms with Crippen LogP contribution < -0.4 is 5.32 Å². The molecule has 4 heteroatoms. The molecule has 1 amide bonds. The third-order valence-electron chi connectivity index (χ3n) is 5.44. The third-order valence-corrected chi connectivity index (χ3v) is 5.44. The Bertz CT molecular complexity index is 750. The Morgan fingerprint density at radius 3 is 2.41 bits per heavy atom. The first kappa shape index (κ1) is 19.6. The first-order valence-electron chi connectivity index (χ1n) is 9.99. The van der Waals surface area contributed by atoms with Crippen molar-refractivity contribution in [2.24, 2.45) is 5.92 Å². The summed E-state index contributed by atoms with van der Waals surface area (Å²) in [6.07, 6.45) is 3.74. The maximum Gasteiger partial charge on any atom is 0.228 e. The molecule has 1 aliphatic heterocycles. The van der Waals surface area contributed by atoms with Crippen molar-refractivity contribution in [1.82, 2.24) is 4.90 Å². The van der Waals surface area contributed by atoms with Crippen molar-refractivity contribution in [3.63, 3.8) is 0 Å². The summed E-state index contributed by atoms with van der Waals surface area (Å²) in [5.74, 6) is -0.0980. The highest BCUT2D eigenvalue weighted by Crippen LogP contribution is 2.25. The van der Waals surface area contributed by atoms with E-state index in [2.05, 4.69) is 42.3 Å². The molecule has 3 rings (SSSR count). The number of carbonyl (C=O) groups excluding carboxylic acids is 1. The van der Waals surface area contributed by atoms with Crippen LogP contribution >= 0.6 is 0 Å². The molecule has 0 bridgehead atoms. The Morgan fingerprint density at radius 1 is 1.11 bits per heavy atom. The van der Waals surface area contributed by atoms with E-state index in [0.29, 0.717) is 0 Å². The van der Waals surface area contributed by atoms with Crippen LogP contribution in [0, 0.1) is 11.7 Å². The molecule has 0 radical (unpaired) electrons. The fraction of sp³-hybridized carbons (Fsp3) is 0.435. The highest BCUT2D eigenvalue weighted by Gasteiger charge is 2.26. The second kappa shape index (κ2) is 9.14. The standard InChI is InChI=1S/C23H29FN2O/c1-3-18-7-5-8-19(4-2)22(18)25-23(27)20-9-6-14-26(16-20)15-17-10-12-21(24)13-11-17/h5,7-8,10-13,20H,3-4,6,9,14-16H2,1-2H3,(H,25,27). The summed E-state index contributed by atoms with van der Waals surface area (Å²) < 4.78 is 13.1. The van der Waals surface area contributed by atoms with Crippen molar-refractivity contribution in [2.45, 2.75) is 46.1 Å². The number of likely N-dealkylation sites (tertiary alicyclic amines) is 1. The van der Waals surface area contributed by atoms with Crippen molar-refractivity contribution in [1.29, 1.82) is 0 Å². The molecular formula is C23H29FN2O. The van der Waals surface area contributed by atoms with Crippen molar-refractivity contribution < 1.29 is 9.18 Å². The highest BCUT2D eigenvalue weighted by atomic mass is 19.1. The lowest BCUT2D eigenvalue weighted by molar-refractivity contribution is -0.121. The first-order valence-corrected chi connectivity index (χ1v) is 9.99. The van der Waals surface area contributed by atoms with Crippen LogP contribution in [0.4, 0.5) is 10.1 Å². The van der Waals surface area contributed by atoms with Crippen LogP contribution in [-0.2, 0) is 24.2 Å². The summed E-state index contributed by atoms with van der Waals surface area (Å²) in [4.78, 5) is 15.3. The molecule has 0 aliphatic carbocycles. The zero-order valence-corrected chi connectivity index (χ0v) is 16.3. The molecule has 2 aromatic rings. The number of carbonyl (C=O) groups is 1. The predicted molar refractivity (Wildman–Crippen MR) is 108 cm³/mol. The van der Waals surface area contributed by atoms with Crippen LogP contribution in [0.3, 0.4) is 0 Å². The number of halogens is 1. The number of nitrogens with zero attached hydrogens (tertiary/aromatic N) is 1. The minimum Gasteiger partial charge on any atom is -0.325 e. The summed E-state index contributed by atoms with van der Waals surface area (Å²) in [6.45, 7) is 6.73. The molecule has 1 atom stereocenters. The molecule has 1 fully saturated rings. The number of para-hydroxylation sites is 1. The van der Waals surface area contributed by atoms with Crippen molar-refractivity contribution in [3.8, 4) is 0 Å². The van der Waals surface area contributed by atoms with Crippen LogP contribution in [-0.4, -0.2) is 23.9 Å². The molecule has 1 unspecified atom stereocenters. The molecular weight excluding hydrogens is 339 g/mol. The smallest absolute Gasteiger partial charge is 0.228 e. The van der Waals surface area contributed by atoms with Crippen LogP contribution in [0.5, 0.6) is 0 Å². The largest absolute Gasteiger partial charge is 0.325 e. The van der Waals surface area contributed by atoms with Gasteiger partial charge >= 0.3 is 0 Å². The number of hydrogen-bond donors (Lipinski definition) is 1. The molecule has 1 saturated heterocycles. The van der Waals surface area contributed by atoms with Crippen LogP contribution in [0.2, 0.25) is 0 Å². The van der Waals surface area contributed by atoms with Gasteiger partial charge in [-0.1, -0.05) is 44.2 Å². The molecule has 0 spiro atoms. The molecule has 1 aliphatic rings. The maximum atomic E-state index is 13.1. The average Bonchev–Trinajstić information content (AvgIpc) is 2.70. The lowest BCUT2D eigenvalue weighted by atomic mass is 9.95. The van der Waals surface area contributed by atoms with Crippen molar-refractivity contribution in [2.75, 3.05) is 18.4 Å². The predicted octanol–water partition coefficient (Wildman–Crippen LogP) is 4.80. The minimum atomic E-state index is -0.212. The zero-order chi connectivity index (χ0) is 19.2. The number of piperidine rings is 1. The lowest BCUT2D eigenvalue weighted by Gasteiger charge is -2.32. The first-order chi connectivity index (χ1) is 13.1. The Kier molecular flexibility index (Phi) is 6.62. The quantitative estimate of drug-likeness (QED) is 0.794. The number of amides is 1. The van der Waals surface area contributed by atoms with E-state index in [1.807, 2.05) is 12.1 Å². The van der Waals surface area contributed by atoms with Gasteiger partial charge in [-0.15, -0.1) is 0 Å². The van der Waals surface area contributed by atoms with Gasteiger partial charge in [-0.3, -0.25) is 9.69 Å². The molecule has 0 saturated carbocycles. The van der Waals surface area contributed by atoms with E-state index in [0.717, 1.165) is 56.6 Å². The number of rotatable bonds is 6. The summed E-state index contributed by atoms with van der Waals surface area (Å²) >= 11 is 0. The summed E-state index contributed by atoms with van der Waals surface area (Å²) in [5, 5.41) is 3.23. The molecule has 0 aromatic heterocycles. The van der Waals surface area contributed by atoms with Gasteiger partial charge in [0, 0.05) is 18.8 Å². The maximum absolute atomic E-state index is 13.1. The van der Waals surface area contributed by atoms with Crippen LogP contribution in [0.15, 0.2) is 42.5 Å². The monoisotopic (exact) mass is 368 g/mol. The SMILES string of the molecule is CCc1cccc(CC)c1NC(=O)C1CCCN(Cc2ccc(F)cc2)C1. The van der Waals surface area contributed by atoms with Crippen molar-refractivity contribution >= 4 is 11.6 Å². The molecule has 1 heterocycles. The normalized spacial score (nSPS) is 17.7. The third kappa shape index (κ3) is 4.95. The van der Waals surface area contributed by atoms with E-state index < -0.39 is 0 Å². The Hall–Kier alpha value is -2.20. The van der Waals surface area contributed by atoms with Gasteiger partial charge in [-0.2, -0.15) is 0 Å². The van der Waals surface area contributed by atoms with Gasteiger partial charge < -0.3 is 5.32 Å². The zero-order valence-electron chi connectivity index (χ0n) is 16.3. The fourth-order valence-electron chi connectivity index (χ4n) is 3.89. The molecule has 2 aromatic carbocycles. The Morgan fingerprint density at radius 2 is 1.78 bits per heavy atom. The van der Waals surface area contributed by atoms with E-state index in [4.69, 9.17) is 0 Å². The number of benzene rings is 2. The molecule has 27 heavy (non-hydrogen) atoms. The van der Waals surface area contributed by atoms with E-state index in [1.54, 1.807) is 0 Å². The van der Waals surface area contributed by atoms with Gasteiger partial charge in [-0.25, -0.2) is 4.39 Å². The van der Waals surface area contributed by atoms with Gasteiger partial charge in [0.2, 0.25) is 5.91 Å². The highest BCUT2D eigenvalue weighted by molar-refractivity contribution is 5.94. The van der Waals surface area contributed by atoms with E-state index >= 15 is 0 Å². The molecule has 3 nitrogen and oxygen atoms in total. The molecule has 144 valence electrons. The van der Waals surface area contributed by atoms with Gasteiger partial charge in [0.15, 0.2) is 0 Å². The van der Waals surface area contributed by atoms with Crippen molar-refractivity contribution in [3.05, 3.63) is 65.0 Å². The van der Waals surface area contributed by atoms with Gasteiger partial charge in [0.05, 0.1) is 5.92 Å². The van der Waals surface area contributed by atoms with Gasteiger partial charge in [0.25, 0.3) is 0 Å². The van der Waals surface area contributed by atoms with E-state index in [9.17, 15) is 9.18 Å². The summed E-state index contributed by atoms with van der Waals surface area (Å²) in [5.41, 5.74) is 4.48. The topological polar surface area (TPSA) is 32.3 Å². The number of nitrogens with one attached hydrogen (secondary N) is 1. The van der Waals surface area contributed by atoms with E-state index in [-0.39, 0.29) is 17.6 Å². The fourth-order valence-corrected chi connectivity index (χ4v) is 3.89. The Labute approximate surface area is 161 Å². The average molecular weight is 368 g/mol. The van der Waals surface area contributed by atoms with Crippen LogP contribution in [0.25, 0.3) is 0 Å².